The van der Waals surface area contributed by atoms with E-state index in [1.54, 1.807) is 4.90 Å². The summed E-state index contributed by atoms with van der Waals surface area (Å²) in [7, 11) is 0. The smallest absolute Gasteiger partial charge is 0.289 e. The van der Waals surface area contributed by atoms with Crippen LogP contribution in [0.1, 0.15) is 85.9 Å². The van der Waals surface area contributed by atoms with Crippen molar-refractivity contribution in [3.63, 3.8) is 0 Å². The molecule has 0 aliphatic carbocycles. The van der Waals surface area contributed by atoms with Crippen molar-refractivity contribution in [3.05, 3.63) is 70.3 Å². The van der Waals surface area contributed by atoms with Crippen LogP contribution in [0.2, 0.25) is 0 Å². The van der Waals surface area contributed by atoms with E-state index in [1.807, 2.05) is 13.8 Å². The Bertz CT molecular complexity index is 1000. The minimum Gasteiger partial charge on any atom is -0.289 e. The molecule has 1 nitrogen and oxygen atoms in total. The number of piperidine rings is 1. The standard InChI is InChI=1S/C26H28F9N/c1-16(2)6-13-23(20-15-19(25(30,31)32)11-12-21(20)26(33,34)35)36-14-4-3-5-22(36)17-7-9-18(10-8-17)24(27,28)29/h7-12,15-16,22-23H,3-6,13-14H2,1-2H3. The lowest BCUT2D eigenvalue weighted by Crippen LogP contribution is -2.38. The normalized spacial score (nSPS) is 19.1. The summed E-state index contributed by atoms with van der Waals surface area (Å²) in [6.45, 7) is 4.07. The van der Waals surface area contributed by atoms with Crippen molar-refractivity contribution in [2.45, 2.75) is 76.6 Å². The van der Waals surface area contributed by atoms with Gasteiger partial charge in [-0.1, -0.05) is 32.4 Å². The lowest BCUT2D eigenvalue weighted by molar-refractivity contribution is -0.142. The first-order valence-corrected chi connectivity index (χ1v) is 11.8. The topological polar surface area (TPSA) is 3.24 Å². The van der Waals surface area contributed by atoms with Crippen molar-refractivity contribution in [1.29, 1.82) is 0 Å². The number of benzene rings is 2. The van der Waals surface area contributed by atoms with Crippen LogP contribution in [-0.4, -0.2) is 11.4 Å². The van der Waals surface area contributed by atoms with Crippen molar-refractivity contribution in [2.24, 2.45) is 5.92 Å². The molecule has 0 N–H and O–H groups in total. The van der Waals surface area contributed by atoms with Gasteiger partial charge in [0, 0.05) is 12.1 Å². The Balaban J connectivity index is 2.12. The molecule has 1 aliphatic rings. The minimum atomic E-state index is -4.87. The maximum Gasteiger partial charge on any atom is 0.416 e. The van der Waals surface area contributed by atoms with Gasteiger partial charge in [0.05, 0.1) is 16.7 Å². The molecule has 0 aromatic heterocycles. The molecule has 0 bridgehead atoms. The van der Waals surface area contributed by atoms with Gasteiger partial charge in [0.15, 0.2) is 0 Å². The van der Waals surface area contributed by atoms with Crippen LogP contribution in [0.15, 0.2) is 42.5 Å². The first kappa shape index (κ1) is 28.3. The van der Waals surface area contributed by atoms with E-state index >= 15 is 0 Å². The van der Waals surface area contributed by atoms with E-state index in [4.69, 9.17) is 0 Å². The Kier molecular flexibility index (Phi) is 8.37. The summed E-state index contributed by atoms with van der Waals surface area (Å²) in [5.74, 6) is 0.0851. The average molecular weight is 525 g/mol. The lowest BCUT2D eigenvalue weighted by Gasteiger charge is -2.43. The monoisotopic (exact) mass is 525 g/mol. The Morgan fingerprint density at radius 2 is 1.33 bits per heavy atom. The number of hydrogen-bond acceptors (Lipinski definition) is 1. The Labute approximate surface area is 204 Å². The maximum atomic E-state index is 14.0. The minimum absolute atomic E-state index is 0.0851. The molecular formula is C26H28F9N. The highest BCUT2D eigenvalue weighted by atomic mass is 19.4. The van der Waals surface area contributed by atoms with Gasteiger partial charge < -0.3 is 0 Å². The van der Waals surface area contributed by atoms with E-state index in [0.717, 1.165) is 12.1 Å². The Morgan fingerprint density at radius 1 is 0.750 bits per heavy atom. The SMILES string of the molecule is CC(C)CCC(c1cc(C(F)(F)F)ccc1C(F)(F)F)N1CCCCC1c1ccc(C(F)(F)F)cc1. The lowest BCUT2D eigenvalue weighted by atomic mass is 9.86. The molecule has 1 fully saturated rings. The van der Waals surface area contributed by atoms with Crippen molar-refractivity contribution < 1.29 is 39.5 Å². The molecule has 2 aromatic rings. The van der Waals surface area contributed by atoms with Crippen LogP contribution < -0.4 is 0 Å². The van der Waals surface area contributed by atoms with Crippen molar-refractivity contribution >= 4 is 0 Å². The summed E-state index contributed by atoms with van der Waals surface area (Å²) < 4.78 is 122. The highest BCUT2D eigenvalue weighted by Crippen LogP contribution is 2.46. The molecule has 0 amide bonds. The number of halogens is 9. The Hall–Kier alpha value is -2.23. The second-order valence-electron chi connectivity index (χ2n) is 9.65. The van der Waals surface area contributed by atoms with Gasteiger partial charge in [0.2, 0.25) is 0 Å². The molecule has 1 saturated heterocycles. The molecular weight excluding hydrogens is 497 g/mol. The maximum absolute atomic E-state index is 14.0. The summed E-state index contributed by atoms with van der Waals surface area (Å²) in [5.41, 5.74) is -3.08. The van der Waals surface area contributed by atoms with Crippen LogP contribution in [0.25, 0.3) is 0 Å². The summed E-state index contributed by atoms with van der Waals surface area (Å²) in [5, 5.41) is 0. The van der Waals surface area contributed by atoms with Gasteiger partial charge in [-0.05, 0) is 79.6 Å². The van der Waals surface area contributed by atoms with E-state index in [1.165, 1.54) is 12.1 Å². The quantitative estimate of drug-likeness (QED) is 0.340. The predicted molar refractivity (Wildman–Crippen MR) is 118 cm³/mol. The van der Waals surface area contributed by atoms with Gasteiger partial charge in [0.1, 0.15) is 0 Å². The number of nitrogens with zero attached hydrogens (tertiary/aromatic N) is 1. The predicted octanol–water partition coefficient (Wildman–Crippen LogP) is 9.45. The van der Waals surface area contributed by atoms with E-state index in [2.05, 4.69) is 0 Å². The van der Waals surface area contributed by atoms with Crippen LogP contribution in [0.4, 0.5) is 39.5 Å². The zero-order valence-electron chi connectivity index (χ0n) is 19.9. The fraction of sp³-hybridized carbons (Fsp3) is 0.538. The largest absolute Gasteiger partial charge is 0.416 e. The van der Waals surface area contributed by atoms with Crippen molar-refractivity contribution in [2.75, 3.05) is 6.54 Å². The summed E-state index contributed by atoms with van der Waals surface area (Å²) in [6, 6.07) is 4.48. The molecule has 1 aliphatic heterocycles. The molecule has 0 saturated carbocycles. The summed E-state index contributed by atoms with van der Waals surface area (Å²) >= 11 is 0. The van der Waals surface area contributed by atoms with E-state index in [-0.39, 0.29) is 12.3 Å². The molecule has 0 radical (unpaired) electrons. The van der Waals surface area contributed by atoms with Crippen molar-refractivity contribution in [1.82, 2.24) is 4.90 Å². The molecule has 1 heterocycles. The summed E-state index contributed by atoms with van der Waals surface area (Å²) in [4.78, 5) is 1.75. The molecule has 200 valence electrons. The van der Waals surface area contributed by atoms with Crippen LogP contribution in [0, 0.1) is 5.92 Å². The molecule has 36 heavy (non-hydrogen) atoms. The van der Waals surface area contributed by atoms with Gasteiger partial charge in [-0.3, -0.25) is 4.90 Å². The Morgan fingerprint density at radius 3 is 1.86 bits per heavy atom. The van der Waals surface area contributed by atoms with E-state index in [9.17, 15) is 39.5 Å². The average Bonchev–Trinajstić information content (AvgIpc) is 2.77. The highest BCUT2D eigenvalue weighted by Gasteiger charge is 2.41. The fourth-order valence-corrected chi connectivity index (χ4v) is 4.84. The summed E-state index contributed by atoms with van der Waals surface area (Å²) in [6.07, 6.45) is -11.8. The van der Waals surface area contributed by atoms with Crippen LogP contribution in [0.5, 0.6) is 0 Å². The molecule has 3 rings (SSSR count). The van der Waals surface area contributed by atoms with Crippen LogP contribution in [-0.2, 0) is 18.5 Å². The first-order valence-electron chi connectivity index (χ1n) is 11.8. The second kappa shape index (κ2) is 10.6. The van der Waals surface area contributed by atoms with Gasteiger partial charge in [0.25, 0.3) is 0 Å². The second-order valence-corrected chi connectivity index (χ2v) is 9.65. The molecule has 10 heteroatoms. The first-order chi connectivity index (χ1) is 16.6. The number of likely N-dealkylation sites (tertiary alicyclic amines) is 1. The molecule has 2 aromatic carbocycles. The number of alkyl halides is 9. The van der Waals surface area contributed by atoms with E-state index in [0.29, 0.717) is 56.0 Å². The van der Waals surface area contributed by atoms with Crippen LogP contribution >= 0.6 is 0 Å². The molecule has 2 unspecified atom stereocenters. The van der Waals surface area contributed by atoms with Gasteiger partial charge in [-0.15, -0.1) is 0 Å². The zero-order chi connectivity index (χ0) is 26.9. The zero-order valence-corrected chi connectivity index (χ0v) is 19.9. The fourth-order valence-electron chi connectivity index (χ4n) is 4.84. The van der Waals surface area contributed by atoms with Gasteiger partial charge >= 0.3 is 18.5 Å². The third-order valence-electron chi connectivity index (χ3n) is 6.63. The van der Waals surface area contributed by atoms with Crippen molar-refractivity contribution in [3.8, 4) is 0 Å². The van der Waals surface area contributed by atoms with Gasteiger partial charge in [-0.25, -0.2) is 0 Å². The van der Waals surface area contributed by atoms with Crippen LogP contribution in [0.3, 0.4) is 0 Å². The molecule has 2 atom stereocenters. The van der Waals surface area contributed by atoms with Gasteiger partial charge in [-0.2, -0.15) is 39.5 Å². The third kappa shape index (κ3) is 6.75. The third-order valence-corrected chi connectivity index (χ3v) is 6.63. The number of rotatable bonds is 6. The highest BCUT2D eigenvalue weighted by molar-refractivity contribution is 5.38. The molecule has 0 spiro atoms. The number of hydrogen-bond donors (Lipinski definition) is 0. The van der Waals surface area contributed by atoms with E-state index < -0.39 is 52.9 Å².